The highest BCUT2D eigenvalue weighted by Gasteiger charge is 2.21. The summed E-state index contributed by atoms with van der Waals surface area (Å²) >= 11 is 1.81. The fourth-order valence-corrected chi connectivity index (χ4v) is 4.00. The Morgan fingerprint density at radius 3 is 2.75 bits per heavy atom. The number of aliphatic hydroxyl groups is 1. The molecule has 2 aromatic rings. The largest absolute Gasteiger partial charge is 0.389 e. The average molecular weight is 291 g/mol. The lowest BCUT2D eigenvalue weighted by molar-refractivity contribution is 0.0944. The molecule has 2 heterocycles. The van der Waals surface area contributed by atoms with Gasteiger partial charge >= 0.3 is 0 Å². The van der Waals surface area contributed by atoms with Crippen LogP contribution in [-0.2, 0) is 12.8 Å². The van der Waals surface area contributed by atoms with Gasteiger partial charge in [-0.25, -0.2) is 9.97 Å². The quantitative estimate of drug-likeness (QED) is 0.912. The SMILES string of the molecule is Cc1nc(NCC(C)(C)O)c2c3c(sc2n1)CCCC3. The van der Waals surface area contributed by atoms with E-state index >= 15 is 0 Å². The molecule has 0 aromatic carbocycles. The summed E-state index contributed by atoms with van der Waals surface area (Å²) in [6.45, 7) is 6.01. The molecule has 108 valence electrons. The molecule has 0 aliphatic heterocycles. The second kappa shape index (κ2) is 4.97. The van der Waals surface area contributed by atoms with Crippen LogP contribution in [0.25, 0.3) is 10.2 Å². The molecule has 5 heteroatoms. The van der Waals surface area contributed by atoms with Gasteiger partial charge in [0.15, 0.2) is 0 Å². The Morgan fingerprint density at radius 2 is 2.00 bits per heavy atom. The lowest BCUT2D eigenvalue weighted by atomic mass is 9.97. The molecule has 2 N–H and O–H groups in total. The zero-order valence-corrected chi connectivity index (χ0v) is 13.1. The molecule has 1 aliphatic carbocycles. The summed E-state index contributed by atoms with van der Waals surface area (Å²) in [6.07, 6.45) is 4.82. The molecule has 0 saturated carbocycles. The summed E-state index contributed by atoms with van der Waals surface area (Å²) in [5.74, 6) is 1.67. The number of aromatic nitrogens is 2. The molecule has 0 atom stereocenters. The van der Waals surface area contributed by atoms with Gasteiger partial charge in [-0.3, -0.25) is 0 Å². The third kappa shape index (κ3) is 2.65. The molecule has 0 amide bonds. The van der Waals surface area contributed by atoms with Crippen LogP contribution >= 0.6 is 11.3 Å². The van der Waals surface area contributed by atoms with Gasteiger partial charge in [0, 0.05) is 11.4 Å². The molecule has 4 nitrogen and oxygen atoms in total. The van der Waals surface area contributed by atoms with Gasteiger partial charge in [0.05, 0.1) is 11.0 Å². The first-order valence-corrected chi connectivity index (χ1v) is 8.01. The van der Waals surface area contributed by atoms with Gasteiger partial charge in [-0.2, -0.15) is 0 Å². The second-order valence-corrected chi connectivity index (χ2v) is 7.26. The topological polar surface area (TPSA) is 58.0 Å². The van der Waals surface area contributed by atoms with E-state index in [0.717, 1.165) is 22.9 Å². The first kappa shape index (κ1) is 13.8. The van der Waals surface area contributed by atoms with Crippen molar-refractivity contribution in [1.29, 1.82) is 0 Å². The van der Waals surface area contributed by atoms with Gasteiger partial charge in [0.2, 0.25) is 0 Å². The van der Waals surface area contributed by atoms with Gasteiger partial charge in [-0.05, 0) is 52.0 Å². The van der Waals surface area contributed by atoms with Gasteiger partial charge < -0.3 is 10.4 Å². The minimum Gasteiger partial charge on any atom is -0.389 e. The molecule has 2 aromatic heterocycles. The van der Waals surface area contributed by atoms with E-state index in [1.165, 1.54) is 35.1 Å². The smallest absolute Gasteiger partial charge is 0.138 e. The molecule has 0 saturated heterocycles. The maximum Gasteiger partial charge on any atom is 0.138 e. The average Bonchev–Trinajstić information content (AvgIpc) is 2.72. The predicted molar refractivity (Wildman–Crippen MR) is 83.6 cm³/mol. The van der Waals surface area contributed by atoms with E-state index in [0.29, 0.717) is 6.54 Å². The molecule has 3 rings (SSSR count). The van der Waals surface area contributed by atoms with Crippen LogP contribution in [0.1, 0.15) is 43.0 Å². The third-order valence-corrected chi connectivity index (χ3v) is 4.80. The van der Waals surface area contributed by atoms with Gasteiger partial charge in [0.25, 0.3) is 0 Å². The Morgan fingerprint density at radius 1 is 1.25 bits per heavy atom. The summed E-state index contributed by atoms with van der Waals surface area (Å²) in [5.41, 5.74) is 0.677. The lowest BCUT2D eigenvalue weighted by Crippen LogP contribution is -2.29. The summed E-state index contributed by atoms with van der Waals surface area (Å²) in [5, 5.41) is 14.4. The van der Waals surface area contributed by atoms with E-state index in [1.54, 1.807) is 13.8 Å². The monoisotopic (exact) mass is 291 g/mol. The molecule has 0 bridgehead atoms. The van der Waals surface area contributed by atoms with Crippen LogP contribution in [0.4, 0.5) is 5.82 Å². The molecular formula is C15H21N3OS. The normalized spacial score (nSPS) is 15.4. The molecule has 0 fully saturated rings. The van der Waals surface area contributed by atoms with Crippen LogP contribution in [0.5, 0.6) is 0 Å². The summed E-state index contributed by atoms with van der Waals surface area (Å²) in [4.78, 5) is 11.7. The number of nitrogens with zero attached hydrogens (tertiary/aromatic N) is 2. The van der Waals surface area contributed by atoms with Crippen molar-refractivity contribution >= 4 is 27.4 Å². The standard InChI is InChI=1S/C15H21N3OS/c1-9-17-13(16-8-15(2,3)19)12-10-6-4-5-7-11(10)20-14(12)18-9/h19H,4-8H2,1-3H3,(H,16,17,18). The lowest BCUT2D eigenvalue weighted by Gasteiger charge is -2.19. The number of nitrogens with one attached hydrogen (secondary N) is 1. The Hall–Kier alpha value is -1.20. The number of hydrogen-bond donors (Lipinski definition) is 2. The van der Waals surface area contributed by atoms with Crippen LogP contribution in [0, 0.1) is 6.92 Å². The van der Waals surface area contributed by atoms with E-state index in [-0.39, 0.29) is 0 Å². The first-order chi connectivity index (χ1) is 9.44. The zero-order valence-electron chi connectivity index (χ0n) is 12.3. The maximum absolute atomic E-state index is 9.91. The van der Waals surface area contributed by atoms with Gasteiger partial charge in [-0.15, -0.1) is 11.3 Å². The summed E-state index contributed by atoms with van der Waals surface area (Å²) < 4.78 is 0. The van der Waals surface area contributed by atoms with E-state index in [1.807, 2.05) is 18.3 Å². The fourth-order valence-electron chi connectivity index (χ4n) is 2.69. The van der Waals surface area contributed by atoms with E-state index in [2.05, 4.69) is 15.3 Å². The van der Waals surface area contributed by atoms with Crippen molar-refractivity contribution in [1.82, 2.24) is 9.97 Å². The van der Waals surface area contributed by atoms with Crippen LogP contribution in [0.15, 0.2) is 0 Å². The van der Waals surface area contributed by atoms with Crippen molar-refractivity contribution in [2.24, 2.45) is 0 Å². The fraction of sp³-hybridized carbons (Fsp3) is 0.600. The molecular weight excluding hydrogens is 270 g/mol. The minimum atomic E-state index is -0.749. The van der Waals surface area contributed by atoms with Crippen molar-refractivity contribution in [3.8, 4) is 0 Å². The van der Waals surface area contributed by atoms with Crippen LogP contribution in [0.2, 0.25) is 0 Å². The Balaban J connectivity index is 2.07. The van der Waals surface area contributed by atoms with Crippen molar-refractivity contribution in [3.05, 3.63) is 16.3 Å². The molecule has 20 heavy (non-hydrogen) atoms. The van der Waals surface area contributed by atoms with E-state index in [9.17, 15) is 5.11 Å². The van der Waals surface area contributed by atoms with Crippen molar-refractivity contribution in [3.63, 3.8) is 0 Å². The second-order valence-electron chi connectivity index (χ2n) is 6.18. The Bertz CT molecular complexity index is 643. The number of hydrogen-bond acceptors (Lipinski definition) is 5. The van der Waals surface area contributed by atoms with Crippen LogP contribution in [0.3, 0.4) is 0 Å². The number of rotatable bonds is 3. The number of thiophene rings is 1. The Labute approximate surface area is 123 Å². The van der Waals surface area contributed by atoms with E-state index < -0.39 is 5.60 Å². The van der Waals surface area contributed by atoms with E-state index in [4.69, 9.17) is 0 Å². The highest BCUT2D eigenvalue weighted by Crippen LogP contribution is 2.38. The van der Waals surface area contributed by atoms with Gasteiger partial charge in [-0.1, -0.05) is 0 Å². The number of fused-ring (bicyclic) bond motifs is 3. The molecule has 0 unspecified atom stereocenters. The molecule has 0 radical (unpaired) electrons. The van der Waals surface area contributed by atoms with Crippen molar-refractivity contribution < 1.29 is 5.11 Å². The molecule has 1 aliphatic rings. The first-order valence-electron chi connectivity index (χ1n) is 7.19. The zero-order chi connectivity index (χ0) is 14.3. The number of aryl methyl sites for hydroxylation is 3. The molecule has 0 spiro atoms. The number of anilines is 1. The summed E-state index contributed by atoms with van der Waals surface area (Å²) in [6, 6.07) is 0. The predicted octanol–water partition coefficient (Wildman–Crippen LogP) is 3.06. The van der Waals surface area contributed by atoms with Crippen LogP contribution < -0.4 is 5.32 Å². The highest BCUT2D eigenvalue weighted by molar-refractivity contribution is 7.19. The third-order valence-electron chi connectivity index (χ3n) is 3.61. The van der Waals surface area contributed by atoms with Crippen molar-refractivity contribution in [2.75, 3.05) is 11.9 Å². The maximum atomic E-state index is 9.91. The minimum absolute atomic E-state index is 0.489. The van der Waals surface area contributed by atoms with Crippen molar-refractivity contribution in [2.45, 2.75) is 52.1 Å². The van der Waals surface area contributed by atoms with Gasteiger partial charge in [0.1, 0.15) is 16.5 Å². The van der Waals surface area contributed by atoms with Crippen LogP contribution in [-0.4, -0.2) is 27.2 Å². The highest BCUT2D eigenvalue weighted by atomic mass is 32.1. The Kier molecular flexibility index (Phi) is 3.42. The summed E-state index contributed by atoms with van der Waals surface area (Å²) in [7, 11) is 0.